The van der Waals surface area contributed by atoms with Crippen molar-refractivity contribution >= 4 is 11.9 Å². The number of carbonyl (C=O) groups excluding carboxylic acids is 1. The third kappa shape index (κ3) is 3.84. The molecular formula is C14H20N2O4. The Kier molecular flexibility index (Phi) is 5.17. The summed E-state index contributed by atoms with van der Waals surface area (Å²) in [5.74, 6) is -0.446. The zero-order valence-corrected chi connectivity index (χ0v) is 11.4. The van der Waals surface area contributed by atoms with Crippen molar-refractivity contribution < 1.29 is 19.1 Å². The monoisotopic (exact) mass is 280 g/mol. The van der Waals surface area contributed by atoms with Crippen LogP contribution in [0, 0.1) is 0 Å². The molecule has 110 valence electrons. The minimum absolute atomic E-state index is 0.162. The molecule has 1 aliphatic rings. The first kappa shape index (κ1) is 14.6. The Labute approximate surface area is 117 Å². The first-order valence-electron chi connectivity index (χ1n) is 6.96. The number of hydrogen-bond donors (Lipinski definition) is 2. The number of likely N-dealkylation sites (tertiary alicyclic amines) is 1. The molecular weight excluding hydrogens is 260 g/mol. The van der Waals surface area contributed by atoms with Gasteiger partial charge < -0.3 is 19.7 Å². The van der Waals surface area contributed by atoms with Crippen LogP contribution in [-0.2, 0) is 11.3 Å². The maximum Gasteiger partial charge on any atom is 0.339 e. The number of carboxylic acid groups (broad SMARTS) is 1. The Balaban J connectivity index is 1.69. The van der Waals surface area contributed by atoms with Crippen LogP contribution in [-0.4, -0.2) is 41.5 Å². The summed E-state index contributed by atoms with van der Waals surface area (Å²) in [5.41, 5.74) is 0.167. The lowest BCUT2D eigenvalue weighted by atomic mass is 10.1. The summed E-state index contributed by atoms with van der Waals surface area (Å²) in [4.78, 5) is 24.7. The van der Waals surface area contributed by atoms with E-state index in [1.807, 2.05) is 4.90 Å². The second kappa shape index (κ2) is 7.09. The van der Waals surface area contributed by atoms with E-state index in [4.69, 9.17) is 9.52 Å². The van der Waals surface area contributed by atoms with Crippen LogP contribution in [0.3, 0.4) is 0 Å². The highest BCUT2D eigenvalue weighted by Gasteiger charge is 2.16. The van der Waals surface area contributed by atoms with E-state index in [0.29, 0.717) is 25.3 Å². The third-order valence-corrected chi connectivity index (χ3v) is 3.49. The van der Waals surface area contributed by atoms with E-state index in [2.05, 4.69) is 5.32 Å². The molecule has 0 atom stereocenters. The van der Waals surface area contributed by atoms with E-state index in [-0.39, 0.29) is 11.5 Å². The molecule has 0 spiro atoms. The van der Waals surface area contributed by atoms with Gasteiger partial charge in [0.05, 0.1) is 12.8 Å². The van der Waals surface area contributed by atoms with Crippen LogP contribution in [0.5, 0.6) is 0 Å². The molecule has 6 nitrogen and oxygen atoms in total. The standard InChI is InChI=1S/C14H20N2O4/c17-13(16-7-2-1-3-8-16)4-6-15-10-12-11(14(18)19)5-9-20-12/h5,9,15H,1-4,6-8,10H2,(H,18,19). The number of carbonyl (C=O) groups is 2. The van der Waals surface area contributed by atoms with Crippen molar-refractivity contribution in [3.8, 4) is 0 Å². The lowest BCUT2D eigenvalue weighted by molar-refractivity contribution is -0.131. The average Bonchev–Trinajstić information content (AvgIpc) is 2.93. The topological polar surface area (TPSA) is 82.8 Å². The molecule has 0 saturated carbocycles. The molecule has 0 aromatic carbocycles. The Morgan fingerprint density at radius 1 is 1.30 bits per heavy atom. The highest BCUT2D eigenvalue weighted by atomic mass is 16.4. The first-order chi connectivity index (χ1) is 9.68. The molecule has 1 aromatic rings. The Bertz CT molecular complexity index is 463. The number of amides is 1. The predicted octanol–water partition coefficient (Wildman–Crippen LogP) is 1.47. The maximum atomic E-state index is 11.9. The van der Waals surface area contributed by atoms with Gasteiger partial charge in [-0.05, 0) is 25.3 Å². The second-order valence-electron chi connectivity index (χ2n) is 4.93. The molecule has 1 aromatic heterocycles. The highest BCUT2D eigenvalue weighted by Crippen LogP contribution is 2.11. The number of rotatable bonds is 6. The molecule has 1 aliphatic heterocycles. The summed E-state index contributed by atoms with van der Waals surface area (Å²) in [6, 6.07) is 1.43. The van der Waals surface area contributed by atoms with Crippen LogP contribution < -0.4 is 5.32 Å². The molecule has 1 saturated heterocycles. The van der Waals surface area contributed by atoms with Crippen molar-refractivity contribution in [3.63, 3.8) is 0 Å². The van der Waals surface area contributed by atoms with Crippen LogP contribution in [0.4, 0.5) is 0 Å². The van der Waals surface area contributed by atoms with Crippen LogP contribution in [0.2, 0.25) is 0 Å². The molecule has 1 amide bonds. The van der Waals surface area contributed by atoms with Crippen molar-refractivity contribution in [2.75, 3.05) is 19.6 Å². The molecule has 0 bridgehead atoms. The molecule has 6 heteroatoms. The first-order valence-corrected chi connectivity index (χ1v) is 6.96. The summed E-state index contributed by atoms with van der Waals surface area (Å²) >= 11 is 0. The minimum atomic E-state index is -1.00. The van der Waals surface area contributed by atoms with Gasteiger partial charge in [0.2, 0.25) is 5.91 Å². The van der Waals surface area contributed by atoms with Crippen LogP contribution in [0.25, 0.3) is 0 Å². The fraction of sp³-hybridized carbons (Fsp3) is 0.571. The fourth-order valence-corrected chi connectivity index (χ4v) is 2.37. The van der Waals surface area contributed by atoms with E-state index in [0.717, 1.165) is 25.9 Å². The van der Waals surface area contributed by atoms with Gasteiger partial charge in [-0.25, -0.2) is 4.79 Å². The molecule has 2 N–H and O–H groups in total. The van der Waals surface area contributed by atoms with Crippen molar-refractivity contribution in [1.82, 2.24) is 10.2 Å². The Morgan fingerprint density at radius 2 is 2.05 bits per heavy atom. The Morgan fingerprint density at radius 3 is 2.75 bits per heavy atom. The molecule has 1 fully saturated rings. The predicted molar refractivity (Wildman–Crippen MR) is 72.4 cm³/mol. The van der Waals surface area contributed by atoms with Crippen LogP contribution in [0.15, 0.2) is 16.7 Å². The van der Waals surface area contributed by atoms with Gasteiger partial charge in [0.25, 0.3) is 0 Å². The summed E-state index contributed by atoms with van der Waals surface area (Å²) in [6.45, 7) is 2.57. The number of hydrogen-bond acceptors (Lipinski definition) is 4. The lowest BCUT2D eigenvalue weighted by Gasteiger charge is -2.26. The fourth-order valence-electron chi connectivity index (χ4n) is 2.37. The van der Waals surface area contributed by atoms with Crippen molar-refractivity contribution in [2.45, 2.75) is 32.2 Å². The summed E-state index contributed by atoms with van der Waals surface area (Å²) < 4.78 is 5.11. The average molecular weight is 280 g/mol. The third-order valence-electron chi connectivity index (χ3n) is 3.49. The van der Waals surface area contributed by atoms with Crippen LogP contribution in [0.1, 0.15) is 41.8 Å². The van der Waals surface area contributed by atoms with Crippen molar-refractivity contribution in [1.29, 1.82) is 0 Å². The van der Waals surface area contributed by atoms with Gasteiger partial charge >= 0.3 is 5.97 Å². The van der Waals surface area contributed by atoms with Gasteiger partial charge in [0, 0.05) is 26.1 Å². The molecule has 2 heterocycles. The largest absolute Gasteiger partial charge is 0.478 e. The van der Waals surface area contributed by atoms with E-state index in [9.17, 15) is 9.59 Å². The number of aromatic carboxylic acids is 1. The molecule has 0 aliphatic carbocycles. The van der Waals surface area contributed by atoms with Crippen molar-refractivity contribution in [2.24, 2.45) is 0 Å². The normalized spacial score (nSPS) is 15.3. The number of nitrogens with one attached hydrogen (secondary N) is 1. The van der Waals surface area contributed by atoms with E-state index in [1.54, 1.807) is 0 Å². The minimum Gasteiger partial charge on any atom is -0.478 e. The quantitative estimate of drug-likeness (QED) is 0.771. The van der Waals surface area contributed by atoms with Gasteiger partial charge in [-0.15, -0.1) is 0 Å². The molecule has 20 heavy (non-hydrogen) atoms. The van der Waals surface area contributed by atoms with Gasteiger partial charge in [-0.3, -0.25) is 4.79 Å². The Hall–Kier alpha value is -1.82. The number of piperidine rings is 1. The number of carboxylic acids is 1. The van der Waals surface area contributed by atoms with Gasteiger partial charge in [-0.1, -0.05) is 0 Å². The zero-order valence-electron chi connectivity index (χ0n) is 11.4. The summed E-state index contributed by atoms with van der Waals surface area (Å²) in [6.07, 6.45) is 5.18. The van der Waals surface area contributed by atoms with Gasteiger partial charge in [-0.2, -0.15) is 0 Å². The highest BCUT2D eigenvalue weighted by molar-refractivity contribution is 5.88. The molecule has 2 rings (SSSR count). The summed E-state index contributed by atoms with van der Waals surface area (Å²) in [7, 11) is 0. The van der Waals surface area contributed by atoms with Crippen LogP contribution >= 0.6 is 0 Å². The molecule has 0 radical (unpaired) electrons. The van der Waals surface area contributed by atoms with E-state index in [1.165, 1.54) is 18.8 Å². The van der Waals surface area contributed by atoms with Gasteiger partial charge in [0.15, 0.2) is 0 Å². The zero-order chi connectivity index (χ0) is 14.4. The number of furan rings is 1. The van der Waals surface area contributed by atoms with E-state index >= 15 is 0 Å². The maximum absolute atomic E-state index is 11.9. The second-order valence-corrected chi connectivity index (χ2v) is 4.93. The number of nitrogens with zero attached hydrogens (tertiary/aromatic N) is 1. The van der Waals surface area contributed by atoms with Crippen molar-refractivity contribution in [3.05, 3.63) is 23.7 Å². The smallest absolute Gasteiger partial charge is 0.339 e. The lowest BCUT2D eigenvalue weighted by Crippen LogP contribution is -2.37. The van der Waals surface area contributed by atoms with E-state index < -0.39 is 5.97 Å². The summed E-state index contributed by atoms with van der Waals surface area (Å²) in [5, 5.41) is 12.0. The molecule has 0 unspecified atom stereocenters. The van der Waals surface area contributed by atoms with Gasteiger partial charge in [0.1, 0.15) is 11.3 Å². The SMILES string of the molecule is O=C(O)c1ccoc1CNCCC(=O)N1CCCCC1.